The van der Waals surface area contributed by atoms with Gasteiger partial charge in [-0.3, -0.25) is 0 Å². The van der Waals surface area contributed by atoms with E-state index < -0.39 is 0 Å². The van der Waals surface area contributed by atoms with E-state index >= 15 is 0 Å². The number of anilines is 2. The Morgan fingerprint density at radius 1 is 1.32 bits per heavy atom. The van der Waals surface area contributed by atoms with Crippen molar-refractivity contribution in [3.63, 3.8) is 0 Å². The van der Waals surface area contributed by atoms with Gasteiger partial charge in [-0.15, -0.1) is 5.10 Å². The van der Waals surface area contributed by atoms with Crippen LogP contribution < -0.4 is 16.6 Å². The highest BCUT2D eigenvalue weighted by Crippen LogP contribution is 2.13. The van der Waals surface area contributed by atoms with Gasteiger partial charge in [0.2, 0.25) is 5.95 Å². The fraction of sp³-hybridized carbons (Fsp3) is 0.500. The second kappa shape index (κ2) is 6.27. The molecule has 0 radical (unpaired) electrons. The number of ether oxygens (including phenoxy) is 2. The molecule has 0 aliphatic carbocycles. The van der Waals surface area contributed by atoms with Crippen molar-refractivity contribution in [3.05, 3.63) is 11.8 Å². The van der Waals surface area contributed by atoms with Crippen LogP contribution in [0.4, 0.5) is 11.8 Å². The van der Waals surface area contributed by atoms with Crippen molar-refractivity contribution >= 4 is 17.5 Å². The highest BCUT2D eigenvalue weighted by Gasteiger charge is 2.10. The maximum Gasteiger partial charge on any atom is 0.256 e. The predicted molar refractivity (Wildman–Crippen MR) is 69.7 cm³/mol. The average molecular weight is 267 g/mol. The van der Waals surface area contributed by atoms with Crippen LogP contribution in [0.25, 0.3) is 5.78 Å². The van der Waals surface area contributed by atoms with Gasteiger partial charge in [0.05, 0.1) is 18.9 Å². The van der Waals surface area contributed by atoms with Gasteiger partial charge in [-0.05, 0) is 0 Å². The largest absolute Gasteiger partial charge is 0.383 e. The van der Waals surface area contributed by atoms with Crippen molar-refractivity contribution in [2.24, 2.45) is 5.84 Å². The van der Waals surface area contributed by atoms with Gasteiger partial charge < -0.3 is 20.2 Å². The molecule has 0 unspecified atom stereocenters. The van der Waals surface area contributed by atoms with Crippen LogP contribution in [-0.2, 0) is 16.1 Å². The lowest BCUT2D eigenvalue weighted by molar-refractivity contribution is 0.181. The number of nitrogens with one attached hydrogen (secondary N) is 2. The van der Waals surface area contributed by atoms with Crippen molar-refractivity contribution in [3.8, 4) is 0 Å². The molecule has 9 heteroatoms. The molecule has 9 nitrogen and oxygen atoms in total. The number of methoxy groups -OCH3 is 2. The normalized spacial score (nSPS) is 10.9. The lowest BCUT2D eigenvalue weighted by atomic mass is 10.4. The molecular weight excluding hydrogens is 250 g/mol. The molecule has 0 bridgehead atoms. The molecule has 0 fully saturated rings. The lowest BCUT2D eigenvalue weighted by Gasteiger charge is -2.04. The zero-order valence-electron chi connectivity index (χ0n) is 10.9. The summed E-state index contributed by atoms with van der Waals surface area (Å²) in [6.45, 7) is 1.56. The van der Waals surface area contributed by atoms with Gasteiger partial charge in [-0.2, -0.15) is 9.50 Å². The van der Waals surface area contributed by atoms with Gasteiger partial charge in [-0.25, -0.2) is 10.8 Å². The molecule has 0 aliphatic rings. The summed E-state index contributed by atoms with van der Waals surface area (Å²) >= 11 is 0. The second-order valence-corrected chi connectivity index (χ2v) is 3.78. The molecule has 0 spiro atoms. The fourth-order valence-electron chi connectivity index (χ4n) is 1.58. The van der Waals surface area contributed by atoms with Gasteiger partial charge in [0.15, 0.2) is 0 Å². The topological polar surface area (TPSA) is 112 Å². The molecule has 2 heterocycles. The summed E-state index contributed by atoms with van der Waals surface area (Å²) in [6.07, 6.45) is 0. The quantitative estimate of drug-likeness (QED) is 0.353. The Morgan fingerprint density at radius 2 is 2.16 bits per heavy atom. The number of hydrogen-bond acceptors (Lipinski definition) is 8. The second-order valence-electron chi connectivity index (χ2n) is 3.78. The number of hydrazine groups is 1. The first-order valence-corrected chi connectivity index (χ1v) is 5.73. The first-order chi connectivity index (χ1) is 9.28. The van der Waals surface area contributed by atoms with E-state index in [4.69, 9.17) is 15.3 Å². The Balaban J connectivity index is 2.29. The van der Waals surface area contributed by atoms with Crippen LogP contribution in [0.3, 0.4) is 0 Å². The number of rotatable bonds is 7. The summed E-state index contributed by atoms with van der Waals surface area (Å²) in [5, 5.41) is 7.28. The van der Waals surface area contributed by atoms with Crippen molar-refractivity contribution in [2.45, 2.75) is 6.61 Å². The van der Waals surface area contributed by atoms with E-state index in [1.54, 1.807) is 20.3 Å². The van der Waals surface area contributed by atoms with Gasteiger partial charge in [0, 0.05) is 26.8 Å². The van der Waals surface area contributed by atoms with Crippen LogP contribution in [0.5, 0.6) is 0 Å². The zero-order chi connectivity index (χ0) is 13.7. The van der Waals surface area contributed by atoms with Crippen LogP contribution in [0.1, 0.15) is 5.69 Å². The molecule has 4 N–H and O–H groups in total. The monoisotopic (exact) mass is 267 g/mol. The number of aromatic nitrogens is 4. The molecule has 0 saturated heterocycles. The molecule has 104 valence electrons. The number of hydrogen-bond donors (Lipinski definition) is 3. The van der Waals surface area contributed by atoms with Crippen molar-refractivity contribution in [2.75, 3.05) is 38.1 Å². The molecule has 0 aromatic carbocycles. The Labute approximate surface area is 110 Å². The third-order valence-corrected chi connectivity index (χ3v) is 2.39. The SMILES string of the molecule is COCCNc1nc2nc(COC)cc(NN)n2n1. The maximum absolute atomic E-state index is 5.46. The third kappa shape index (κ3) is 3.08. The Morgan fingerprint density at radius 3 is 2.84 bits per heavy atom. The Hall–Kier alpha value is -1.97. The van der Waals surface area contributed by atoms with Gasteiger partial charge >= 0.3 is 0 Å². The first kappa shape index (κ1) is 13.5. The summed E-state index contributed by atoms with van der Waals surface area (Å²) in [4.78, 5) is 8.58. The highest BCUT2D eigenvalue weighted by molar-refractivity contribution is 5.47. The third-order valence-electron chi connectivity index (χ3n) is 2.39. The number of fused-ring (bicyclic) bond motifs is 1. The van der Waals surface area contributed by atoms with Gasteiger partial charge in [-0.1, -0.05) is 0 Å². The van der Waals surface area contributed by atoms with Crippen molar-refractivity contribution in [1.82, 2.24) is 19.6 Å². The molecule has 0 aliphatic heterocycles. The van der Waals surface area contributed by atoms with Crippen LogP contribution >= 0.6 is 0 Å². The minimum absolute atomic E-state index is 0.379. The van der Waals surface area contributed by atoms with Crippen LogP contribution in [0, 0.1) is 0 Å². The summed E-state index contributed by atoms with van der Waals surface area (Å²) in [5.41, 5.74) is 3.28. The summed E-state index contributed by atoms with van der Waals surface area (Å²) in [7, 11) is 3.23. The van der Waals surface area contributed by atoms with Crippen LogP contribution in [0.15, 0.2) is 6.07 Å². The first-order valence-electron chi connectivity index (χ1n) is 5.73. The van der Waals surface area contributed by atoms with Gasteiger partial charge in [0.25, 0.3) is 5.78 Å². The van der Waals surface area contributed by atoms with E-state index in [1.165, 1.54) is 4.52 Å². The standard InChI is InChI=1S/C10H17N7O2/c1-18-4-3-12-9-14-10-13-7(6-19-2)5-8(15-11)17(10)16-9/h5,15H,3-4,6,11H2,1-2H3,(H,12,16). The minimum Gasteiger partial charge on any atom is -0.383 e. The van der Waals surface area contributed by atoms with E-state index in [1.807, 2.05) is 0 Å². The van der Waals surface area contributed by atoms with Crippen LogP contribution in [0.2, 0.25) is 0 Å². The lowest BCUT2D eigenvalue weighted by Crippen LogP contribution is -2.13. The van der Waals surface area contributed by atoms with E-state index in [-0.39, 0.29) is 0 Å². The maximum atomic E-state index is 5.46. The molecule has 19 heavy (non-hydrogen) atoms. The highest BCUT2D eigenvalue weighted by atomic mass is 16.5. The smallest absolute Gasteiger partial charge is 0.256 e. The molecule has 2 aromatic rings. The molecule has 2 aromatic heterocycles. The zero-order valence-corrected chi connectivity index (χ0v) is 10.9. The molecule has 0 saturated carbocycles. The van der Waals surface area contributed by atoms with Gasteiger partial charge in [0.1, 0.15) is 5.82 Å². The molecular formula is C10H17N7O2. The van der Waals surface area contributed by atoms with E-state index in [0.29, 0.717) is 37.3 Å². The molecule has 0 amide bonds. The predicted octanol–water partition coefficient (Wildman–Crippen LogP) is -0.385. The average Bonchev–Trinajstić information content (AvgIpc) is 2.81. The Kier molecular flexibility index (Phi) is 4.44. The molecule has 2 rings (SSSR count). The summed E-state index contributed by atoms with van der Waals surface area (Å²) < 4.78 is 11.5. The van der Waals surface area contributed by atoms with Crippen molar-refractivity contribution < 1.29 is 9.47 Å². The van der Waals surface area contributed by atoms with Crippen LogP contribution in [-0.4, -0.2) is 47.0 Å². The number of nitrogens with two attached hydrogens (primary N) is 1. The number of nitrogen functional groups attached to an aromatic ring is 1. The van der Waals surface area contributed by atoms with E-state index in [0.717, 1.165) is 5.69 Å². The van der Waals surface area contributed by atoms with E-state index in [2.05, 4.69) is 25.8 Å². The number of nitrogens with zero attached hydrogens (tertiary/aromatic N) is 4. The fourth-order valence-corrected chi connectivity index (χ4v) is 1.58. The Bertz CT molecular complexity index is 542. The van der Waals surface area contributed by atoms with Crippen molar-refractivity contribution in [1.29, 1.82) is 0 Å². The summed E-state index contributed by atoms with van der Waals surface area (Å²) in [6, 6.07) is 1.75. The van der Waals surface area contributed by atoms with E-state index in [9.17, 15) is 0 Å². The minimum atomic E-state index is 0.379. The molecule has 0 atom stereocenters. The summed E-state index contributed by atoms with van der Waals surface area (Å²) in [5.74, 6) is 6.97.